The van der Waals surface area contributed by atoms with Crippen molar-refractivity contribution in [3.63, 3.8) is 0 Å². The van der Waals surface area contributed by atoms with Gasteiger partial charge in [0.1, 0.15) is 11.4 Å². The minimum absolute atomic E-state index is 0.0272. The van der Waals surface area contributed by atoms with Crippen LogP contribution >= 0.6 is 0 Å². The van der Waals surface area contributed by atoms with Crippen molar-refractivity contribution in [3.8, 4) is 5.75 Å². The van der Waals surface area contributed by atoms with E-state index in [4.69, 9.17) is 4.74 Å². The second-order valence-electron chi connectivity index (χ2n) is 8.23. The van der Waals surface area contributed by atoms with Gasteiger partial charge in [0.15, 0.2) is 0 Å². The van der Waals surface area contributed by atoms with Crippen LogP contribution in [0.4, 0.5) is 0 Å². The number of methoxy groups -OCH3 is 1. The van der Waals surface area contributed by atoms with Gasteiger partial charge < -0.3 is 19.5 Å². The lowest BCUT2D eigenvalue weighted by Crippen LogP contribution is -2.39. The van der Waals surface area contributed by atoms with Crippen molar-refractivity contribution in [2.45, 2.75) is 19.9 Å². The Morgan fingerprint density at radius 2 is 1.93 bits per heavy atom. The maximum Gasteiger partial charge on any atom is 0.270 e. The van der Waals surface area contributed by atoms with Crippen molar-refractivity contribution >= 4 is 38.5 Å². The number of carbonyl (C=O) groups excluding carboxylic acids is 1. The normalized spacial score (nSPS) is 12.8. The molecule has 0 saturated heterocycles. The highest BCUT2D eigenvalue weighted by molar-refractivity contribution is 6.17. The summed E-state index contributed by atoms with van der Waals surface area (Å²) in [7, 11) is 7.74. The molecule has 2 aromatic carbocycles. The van der Waals surface area contributed by atoms with E-state index in [0.29, 0.717) is 5.69 Å². The largest absolute Gasteiger partial charge is 0.497 e. The van der Waals surface area contributed by atoms with Crippen LogP contribution in [0.1, 0.15) is 23.0 Å². The van der Waals surface area contributed by atoms with Gasteiger partial charge in [0.2, 0.25) is 0 Å². The number of aryl methyl sites for hydroxylation is 2. The van der Waals surface area contributed by atoms with E-state index in [1.165, 1.54) is 0 Å². The molecule has 6 heteroatoms. The molecule has 1 amide bonds. The number of pyridine rings is 1. The third-order valence-electron chi connectivity index (χ3n) is 5.72. The third-order valence-corrected chi connectivity index (χ3v) is 5.72. The van der Waals surface area contributed by atoms with E-state index in [0.717, 1.165) is 50.4 Å². The van der Waals surface area contributed by atoms with Gasteiger partial charge in [-0.2, -0.15) is 0 Å². The fraction of sp³-hybridized carbons (Fsp3) is 0.333. The van der Waals surface area contributed by atoms with Crippen molar-refractivity contribution in [2.75, 3.05) is 27.7 Å². The summed E-state index contributed by atoms with van der Waals surface area (Å²) < 4.78 is 7.61. The fourth-order valence-electron chi connectivity index (χ4n) is 4.46. The summed E-state index contributed by atoms with van der Waals surface area (Å²) in [6.45, 7) is 4.88. The molecular weight excluding hydrogens is 376 g/mol. The van der Waals surface area contributed by atoms with Gasteiger partial charge in [-0.25, -0.2) is 0 Å². The highest BCUT2D eigenvalue weighted by Gasteiger charge is 2.19. The van der Waals surface area contributed by atoms with Gasteiger partial charge in [0.25, 0.3) is 5.91 Å². The standard InChI is InChI=1S/C24H28N4O2/c1-14(13-27(3)4)26-24(29)22-19-12-20-18-8-7-16(30-6)11-21(18)28(5)23(20)15(2)17(19)9-10-25-22/h7-12,14H,13H2,1-6H3,(H,26,29). The first-order valence-corrected chi connectivity index (χ1v) is 10.1. The van der Waals surface area contributed by atoms with Crippen LogP contribution in [0, 0.1) is 6.92 Å². The number of fused-ring (bicyclic) bond motifs is 4. The lowest BCUT2D eigenvalue weighted by atomic mass is 10.00. The molecule has 0 saturated carbocycles. The Morgan fingerprint density at radius 3 is 2.63 bits per heavy atom. The molecule has 2 heterocycles. The first kappa shape index (κ1) is 20.2. The molecule has 0 bridgehead atoms. The van der Waals surface area contributed by atoms with E-state index in [9.17, 15) is 4.79 Å². The number of likely N-dealkylation sites (N-methyl/N-ethyl adjacent to an activating group) is 1. The number of nitrogens with zero attached hydrogens (tertiary/aromatic N) is 3. The van der Waals surface area contributed by atoms with Gasteiger partial charge in [-0.1, -0.05) is 0 Å². The first-order valence-electron chi connectivity index (χ1n) is 10.1. The topological polar surface area (TPSA) is 59.4 Å². The van der Waals surface area contributed by atoms with Crippen molar-refractivity contribution in [1.82, 2.24) is 19.8 Å². The Hall–Kier alpha value is -3.12. The van der Waals surface area contributed by atoms with E-state index in [1.807, 2.05) is 39.2 Å². The molecule has 1 N–H and O–H groups in total. The molecule has 4 rings (SSSR count). The summed E-state index contributed by atoms with van der Waals surface area (Å²) in [5.74, 6) is 0.683. The SMILES string of the molecule is COc1ccc2c3cc4c(C(=O)NC(C)CN(C)C)nccc4c(C)c3n(C)c2c1. The van der Waals surface area contributed by atoms with Crippen LogP contribution in [-0.4, -0.2) is 54.1 Å². The predicted octanol–water partition coefficient (Wildman–Crippen LogP) is 3.88. The molecule has 156 valence electrons. The summed E-state index contributed by atoms with van der Waals surface area (Å²) in [5, 5.41) is 7.25. The average molecular weight is 405 g/mol. The second kappa shape index (κ2) is 7.61. The Kier molecular flexibility index (Phi) is 5.12. The van der Waals surface area contributed by atoms with Gasteiger partial charge in [0, 0.05) is 48.1 Å². The zero-order chi connectivity index (χ0) is 21.6. The predicted molar refractivity (Wildman–Crippen MR) is 122 cm³/mol. The minimum Gasteiger partial charge on any atom is -0.497 e. The van der Waals surface area contributed by atoms with Crippen LogP contribution in [0.5, 0.6) is 5.75 Å². The van der Waals surface area contributed by atoms with Gasteiger partial charge >= 0.3 is 0 Å². The van der Waals surface area contributed by atoms with E-state index in [2.05, 4.69) is 45.9 Å². The average Bonchev–Trinajstić information content (AvgIpc) is 2.98. The van der Waals surface area contributed by atoms with Crippen LogP contribution in [0.2, 0.25) is 0 Å². The van der Waals surface area contributed by atoms with Crippen molar-refractivity contribution < 1.29 is 9.53 Å². The van der Waals surface area contributed by atoms with Crippen LogP contribution < -0.4 is 10.1 Å². The number of carbonyl (C=O) groups is 1. The Labute approximate surface area is 176 Å². The van der Waals surface area contributed by atoms with Crippen molar-refractivity contribution in [2.24, 2.45) is 7.05 Å². The zero-order valence-electron chi connectivity index (χ0n) is 18.4. The summed E-state index contributed by atoms with van der Waals surface area (Å²) in [4.78, 5) is 19.5. The van der Waals surface area contributed by atoms with Crippen LogP contribution in [-0.2, 0) is 7.05 Å². The molecule has 0 fully saturated rings. The molecule has 1 unspecified atom stereocenters. The maximum atomic E-state index is 13.0. The van der Waals surface area contributed by atoms with Gasteiger partial charge in [0.05, 0.1) is 18.1 Å². The summed E-state index contributed by atoms with van der Waals surface area (Å²) in [6, 6.07) is 10.2. The van der Waals surface area contributed by atoms with Crippen molar-refractivity contribution in [3.05, 3.63) is 47.8 Å². The maximum absolute atomic E-state index is 13.0. The zero-order valence-corrected chi connectivity index (χ0v) is 18.4. The number of amides is 1. The lowest BCUT2D eigenvalue weighted by Gasteiger charge is -2.18. The number of aromatic nitrogens is 2. The molecular formula is C24H28N4O2. The minimum atomic E-state index is -0.143. The fourth-order valence-corrected chi connectivity index (χ4v) is 4.46. The summed E-state index contributed by atoms with van der Waals surface area (Å²) >= 11 is 0. The van der Waals surface area contributed by atoms with Crippen LogP contribution in [0.15, 0.2) is 36.5 Å². The van der Waals surface area contributed by atoms with E-state index < -0.39 is 0 Å². The molecule has 6 nitrogen and oxygen atoms in total. The lowest BCUT2D eigenvalue weighted by molar-refractivity contribution is 0.0931. The van der Waals surface area contributed by atoms with Crippen LogP contribution in [0.3, 0.4) is 0 Å². The van der Waals surface area contributed by atoms with Gasteiger partial charge in [-0.15, -0.1) is 0 Å². The second-order valence-corrected chi connectivity index (χ2v) is 8.23. The Bertz CT molecular complexity index is 1270. The van der Waals surface area contributed by atoms with Crippen LogP contribution in [0.25, 0.3) is 32.6 Å². The number of hydrogen-bond donors (Lipinski definition) is 1. The molecule has 2 aromatic heterocycles. The number of ether oxygens (including phenoxy) is 1. The Morgan fingerprint density at radius 1 is 1.17 bits per heavy atom. The number of rotatable bonds is 5. The third kappa shape index (κ3) is 3.27. The van der Waals surface area contributed by atoms with E-state index >= 15 is 0 Å². The van der Waals surface area contributed by atoms with E-state index in [-0.39, 0.29) is 11.9 Å². The highest BCUT2D eigenvalue weighted by atomic mass is 16.5. The molecule has 0 radical (unpaired) electrons. The first-order chi connectivity index (χ1) is 14.3. The molecule has 0 aliphatic carbocycles. The summed E-state index contributed by atoms with van der Waals surface area (Å²) in [5.41, 5.74) is 3.86. The molecule has 4 aromatic rings. The van der Waals surface area contributed by atoms with Crippen molar-refractivity contribution in [1.29, 1.82) is 0 Å². The molecule has 30 heavy (non-hydrogen) atoms. The molecule has 0 aliphatic heterocycles. The van der Waals surface area contributed by atoms with Gasteiger partial charge in [-0.3, -0.25) is 9.78 Å². The number of benzene rings is 2. The quantitative estimate of drug-likeness (QED) is 0.548. The molecule has 1 atom stereocenters. The van der Waals surface area contributed by atoms with E-state index in [1.54, 1.807) is 13.3 Å². The molecule has 0 spiro atoms. The smallest absolute Gasteiger partial charge is 0.270 e. The van der Waals surface area contributed by atoms with Gasteiger partial charge in [-0.05, 0) is 63.2 Å². The highest BCUT2D eigenvalue weighted by Crippen LogP contribution is 2.36. The monoisotopic (exact) mass is 404 g/mol. The Balaban J connectivity index is 1.93. The number of nitrogens with one attached hydrogen (secondary N) is 1. The number of hydrogen-bond acceptors (Lipinski definition) is 4. The molecule has 0 aliphatic rings. The summed E-state index contributed by atoms with van der Waals surface area (Å²) in [6.07, 6.45) is 1.72.